The highest BCUT2D eigenvalue weighted by atomic mass is 16.3. The van der Waals surface area contributed by atoms with E-state index in [-0.39, 0.29) is 5.91 Å². The van der Waals surface area contributed by atoms with E-state index in [9.17, 15) is 4.79 Å². The van der Waals surface area contributed by atoms with Gasteiger partial charge in [-0.1, -0.05) is 18.2 Å². The van der Waals surface area contributed by atoms with Gasteiger partial charge in [0.25, 0.3) is 0 Å². The molecule has 1 aromatic carbocycles. The van der Waals surface area contributed by atoms with E-state index in [1.54, 1.807) is 6.26 Å². The van der Waals surface area contributed by atoms with E-state index in [1.165, 1.54) is 0 Å². The fourth-order valence-electron chi connectivity index (χ4n) is 2.52. The van der Waals surface area contributed by atoms with E-state index in [0.29, 0.717) is 24.9 Å². The van der Waals surface area contributed by atoms with Crippen LogP contribution in [0.5, 0.6) is 0 Å². The molecule has 2 N–H and O–H groups in total. The van der Waals surface area contributed by atoms with Gasteiger partial charge in [-0.25, -0.2) is 4.98 Å². The summed E-state index contributed by atoms with van der Waals surface area (Å²) < 4.78 is 5.44. The number of amides is 1. The highest BCUT2D eigenvalue weighted by Gasteiger charge is 2.17. The lowest BCUT2D eigenvalue weighted by Crippen LogP contribution is -2.31. The first kappa shape index (κ1) is 13.8. The zero-order chi connectivity index (χ0) is 14.5. The van der Waals surface area contributed by atoms with Gasteiger partial charge < -0.3 is 15.1 Å². The summed E-state index contributed by atoms with van der Waals surface area (Å²) in [4.78, 5) is 16.2. The lowest BCUT2D eigenvalue weighted by atomic mass is 10.1. The van der Waals surface area contributed by atoms with Gasteiger partial charge in [0.15, 0.2) is 0 Å². The van der Waals surface area contributed by atoms with Crippen molar-refractivity contribution in [1.82, 2.24) is 15.6 Å². The van der Waals surface area contributed by atoms with Crippen LogP contribution in [0.2, 0.25) is 0 Å². The number of hydrogen-bond donors (Lipinski definition) is 2. The van der Waals surface area contributed by atoms with E-state index >= 15 is 0 Å². The van der Waals surface area contributed by atoms with Gasteiger partial charge >= 0.3 is 0 Å². The standard InChI is InChI=1S/C16H19N3O2/c20-15(9-13-7-4-8-17-13)18-10-14-11-21-16(19-14)12-5-2-1-3-6-12/h1-3,5-6,11,13,17H,4,7-10H2,(H,18,20). The number of aromatic nitrogens is 1. The predicted octanol–water partition coefficient (Wildman–Crippen LogP) is 2.10. The molecule has 0 spiro atoms. The maximum atomic E-state index is 11.8. The Kier molecular flexibility index (Phi) is 4.31. The first-order valence-corrected chi connectivity index (χ1v) is 7.31. The van der Waals surface area contributed by atoms with Crippen LogP contribution in [0, 0.1) is 0 Å². The second-order valence-corrected chi connectivity index (χ2v) is 5.28. The molecule has 3 rings (SSSR count). The van der Waals surface area contributed by atoms with Gasteiger partial charge in [0.05, 0.1) is 12.2 Å². The van der Waals surface area contributed by atoms with Crippen LogP contribution in [0.3, 0.4) is 0 Å². The van der Waals surface area contributed by atoms with Gasteiger partial charge in [-0.3, -0.25) is 4.79 Å². The Hall–Kier alpha value is -2.14. The van der Waals surface area contributed by atoms with Crippen LogP contribution < -0.4 is 10.6 Å². The van der Waals surface area contributed by atoms with Crippen molar-refractivity contribution in [3.8, 4) is 11.5 Å². The maximum Gasteiger partial charge on any atom is 0.226 e. The van der Waals surface area contributed by atoms with Crippen LogP contribution >= 0.6 is 0 Å². The molecule has 1 atom stereocenters. The minimum atomic E-state index is 0.0543. The van der Waals surface area contributed by atoms with E-state index in [4.69, 9.17) is 4.42 Å². The molecule has 1 aromatic heterocycles. The monoisotopic (exact) mass is 285 g/mol. The Bertz CT molecular complexity index is 589. The molecule has 0 bridgehead atoms. The third kappa shape index (κ3) is 3.70. The van der Waals surface area contributed by atoms with Crippen molar-refractivity contribution in [3.63, 3.8) is 0 Å². The summed E-state index contributed by atoms with van der Waals surface area (Å²) >= 11 is 0. The molecule has 1 amide bonds. The predicted molar refractivity (Wildman–Crippen MR) is 79.4 cm³/mol. The summed E-state index contributed by atoms with van der Waals surface area (Å²) in [6.45, 7) is 1.42. The number of carbonyl (C=O) groups is 1. The first-order chi connectivity index (χ1) is 10.3. The molecule has 1 aliphatic rings. The van der Waals surface area contributed by atoms with Crippen molar-refractivity contribution in [2.24, 2.45) is 0 Å². The molecular formula is C16H19N3O2. The van der Waals surface area contributed by atoms with E-state index in [1.807, 2.05) is 30.3 Å². The lowest BCUT2D eigenvalue weighted by Gasteiger charge is -2.09. The Morgan fingerprint density at radius 2 is 2.24 bits per heavy atom. The molecule has 2 heterocycles. The molecule has 0 aliphatic carbocycles. The number of benzene rings is 1. The molecule has 0 radical (unpaired) electrons. The quantitative estimate of drug-likeness (QED) is 0.883. The molecule has 1 fully saturated rings. The van der Waals surface area contributed by atoms with Crippen molar-refractivity contribution < 1.29 is 9.21 Å². The number of oxazole rings is 1. The SMILES string of the molecule is O=C(CC1CCCN1)NCc1coc(-c2ccccc2)n1. The molecular weight excluding hydrogens is 266 g/mol. The van der Waals surface area contributed by atoms with Crippen LogP contribution in [0.15, 0.2) is 41.0 Å². The Labute approximate surface area is 123 Å². The lowest BCUT2D eigenvalue weighted by molar-refractivity contribution is -0.121. The van der Waals surface area contributed by atoms with Gasteiger partial charge in [-0.05, 0) is 31.5 Å². The van der Waals surface area contributed by atoms with Gasteiger partial charge in [0, 0.05) is 18.0 Å². The van der Waals surface area contributed by atoms with E-state index in [0.717, 1.165) is 30.6 Å². The molecule has 5 nitrogen and oxygen atoms in total. The van der Waals surface area contributed by atoms with Crippen LogP contribution in [0.25, 0.3) is 11.5 Å². The molecule has 1 saturated heterocycles. The van der Waals surface area contributed by atoms with Crippen molar-refractivity contribution in [2.45, 2.75) is 31.8 Å². The van der Waals surface area contributed by atoms with Crippen LogP contribution in [0.1, 0.15) is 25.0 Å². The summed E-state index contributed by atoms with van der Waals surface area (Å²) in [5.41, 5.74) is 1.67. The number of rotatable bonds is 5. The Morgan fingerprint density at radius 3 is 3.00 bits per heavy atom. The van der Waals surface area contributed by atoms with Gasteiger partial charge in [0.1, 0.15) is 6.26 Å². The minimum absolute atomic E-state index is 0.0543. The smallest absolute Gasteiger partial charge is 0.226 e. The van der Waals surface area contributed by atoms with Gasteiger partial charge in [0.2, 0.25) is 11.8 Å². The summed E-state index contributed by atoms with van der Waals surface area (Å²) in [6, 6.07) is 10.0. The molecule has 21 heavy (non-hydrogen) atoms. The van der Waals surface area contributed by atoms with Crippen molar-refractivity contribution in [1.29, 1.82) is 0 Å². The number of hydrogen-bond acceptors (Lipinski definition) is 4. The van der Waals surface area contributed by atoms with E-state index < -0.39 is 0 Å². The summed E-state index contributed by atoms with van der Waals surface area (Å²) in [5, 5.41) is 6.21. The topological polar surface area (TPSA) is 67.2 Å². The average molecular weight is 285 g/mol. The van der Waals surface area contributed by atoms with Crippen molar-refractivity contribution >= 4 is 5.91 Å². The summed E-state index contributed by atoms with van der Waals surface area (Å²) in [7, 11) is 0. The molecule has 5 heteroatoms. The highest BCUT2D eigenvalue weighted by Crippen LogP contribution is 2.17. The van der Waals surface area contributed by atoms with Gasteiger partial charge in [-0.2, -0.15) is 0 Å². The van der Waals surface area contributed by atoms with Crippen molar-refractivity contribution in [2.75, 3.05) is 6.54 Å². The molecule has 110 valence electrons. The fourth-order valence-corrected chi connectivity index (χ4v) is 2.52. The molecule has 1 aliphatic heterocycles. The van der Waals surface area contributed by atoms with Crippen molar-refractivity contribution in [3.05, 3.63) is 42.3 Å². The summed E-state index contributed by atoms with van der Waals surface area (Å²) in [5.74, 6) is 0.635. The molecule has 0 saturated carbocycles. The second-order valence-electron chi connectivity index (χ2n) is 5.28. The first-order valence-electron chi connectivity index (χ1n) is 7.31. The summed E-state index contributed by atoms with van der Waals surface area (Å²) in [6.07, 6.45) is 4.36. The van der Waals surface area contributed by atoms with Gasteiger partial charge in [-0.15, -0.1) is 0 Å². The second kappa shape index (κ2) is 6.54. The highest BCUT2D eigenvalue weighted by molar-refractivity contribution is 5.76. The Balaban J connectivity index is 1.51. The van der Waals surface area contributed by atoms with Crippen LogP contribution in [-0.4, -0.2) is 23.5 Å². The zero-order valence-corrected chi connectivity index (χ0v) is 11.8. The third-order valence-corrected chi connectivity index (χ3v) is 3.63. The number of carbonyl (C=O) groups excluding carboxylic acids is 1. The third-order valence-electron chi connectivity index (χ3n) is 3.63. The van der Waals surface area contributed by atoms with Crippen LogP contribution in [-0.2, 0) is 11.3 Å². The molecule has 1 unspecified atom stereocenters. The average Bonchev–Trinajstić information content (AvgIpc) is 3.17. The fraction of sp³-hybridized carbons (Fsp3) is 0.375. The molecule has 2 aromatic rings. The minimum Gasteiger partial charge on any atom is -0.444 e. The number of nitrogens with one attached hydrogen (secondary N) is 2. The normalized spacial score (nSPS) is 17.8. The zero-order valence-electron chi connectivity index (χ0n) is 11.8. The largest absolute Gasteiger partial charge is 0.444 e. The Morgan fingerprint density at radius 1 is 1.38 bits per heavy atom. The van der Waals surface area contributed by atoms with E-state index in [2.05, 4.69) is 15.6 Å². The maximum absolute atomic E-state index is 11.8. The number of nitrogens with zero attached hydrogens (tertiary/aromatic N) is 1. The van der Waals surface area contributed by atoms with Crippen LogP contribution in [0.4, 0.5) is 0 Å².